The maximum atomic E-state index is 11.2. The number of rotatable bonds is 4. The van der Waals surface area contributed by atoms with Crippen LogP contribution in [0.5, 0.6) is 0 Å². The maximum Gasteiger partial charge on any atom is 0.307 e. The number of hydrogen-bond donors (Lipinski definition) is 2. The zero-order chi connectivity index (χ0) is 12.3. The largest absolute Gasteiger partial charge is 0.481 e. The van der Waals surface area contributed by atoms with Gasteiger partial charge in [-0.2, -0.15) is 0 Å². The van der Waals surface area contributed by atoms with Crippen LogP contribution in [0.2, 0.25) is 0 Å². The van der Waals surface area contributed by atoms with Gasteiger partial charge in [-0.15, -0.1) is 0 Å². The Kier molecular flexibility index (Phi) is 4.33. The van der Waals surface area contributed by atoms with E-state index in [1.54, 1.807) is 0 Å². The van der Waals surface area contributed by atoms with Crippen LogP contribution in [-0.4, -0.2) is 22.2 Å². The number of carboxylic acid groups (broad SMARTS) is 2. The van der Waals surface area contributed by atoms with Crippen molar-refractivity contribution in [3.8, 4) is 0 Å². The number of carboxylic acids is 2. The fourth-order valence-electron chi connectivity index (χ4n) is 3.00. The Balaban J connectivity index is 2.98. The molecule has 92 valence electrons. The molecule has 4 atom stereocenters. The summed E-state index contributed by atoms with van der Waals surface area (Å²) in [5, 5.41) is 18.4. The van der Waals surface area contributed by atoms with E-state index in [2.05, 4.69) is 0 Å². The summed E-state index contributed by atoms with van der Waals surface area (Å²) in [4.78, 5) is 22.5. The minimum Gasteiger partial charge on any atom is -0.481 e. The summed E-state index contributed by atoms with van der Waals surface area (Å²) in [5.41, 5.74) is 0. The lowest BCUT2D eigenvalue weighted by atomic mass is 9.65. The second-order valence-corrected chi connectivity index (χ2v) is 4.64. The van der Waals surface area contributed by atoms with Crippen LogP contribution in [0.15, 0.2) is 0 Å². The summed E-state index contributed by atoms with van der Waals surface area (Å²) in [7, 11) is 0. The van der Waals surface area contributed by atoms with Crippen molar-refractivity contribution in [3.63, 3.8) is 0 Å². The molecular formula is C12H20O4. The van der Waals surface area contributed by atoms with E-state index in [4.69, 9.17) is 0 Å². The Labute approximate surface area is 95.7 Å². The highest BCUT2D eigenvalue weighted by Crippen LogP contribution is 2.42. The summed E-state index contributed by atoms with van der Waals surface area (Å²) in [5.74, 6) is -3.28. The van der Waals surface area contributed by atoms with Crippen LogP contribution < -0.4 is 0 Å². The van der Waals surface area contributed by atoms with Gasteiger partial charge in [0, 0.05) is 0 Å². The monoisotopic (exact) mass is 228 g/mol. The zero-order valence-corrected chi connectivity index (χ0v) is 9.85. The number of carbonyl (C=O) groups is 2. The van der Waals surface area contributed by atoms with Gasteiger partial charge in [-0.25, -0.2) is 0 Å². The average Bonchev–Trinajstić information content (AvgIpc) is 2.26. The molecular weight excluding hydrogens is 208 g/mol. The van der Waals surface area contributed by atoms with E-state index in [0.717, 1.165) is 25.7 Å². The predicted molar refractivity (Wildman–Crippen MR) is 59.0 cm³/mol. The molecule has 1 rings (SSSR count). The van der Waals surface area contributed by atoms with Crippen molar-refractivity contribution in [1.82, 2.24) is 0 Å². The molecule has 1 aliphatic rings. The summed E-state index contributed by atoms with van der Waals surface area (Å²) < 4.78 is 0. The number of aliphatic carboxylic acids is 2. The molecule has 0 aromatic heterocycles. The van der Waals surface area contributed by atoms with Crippen molar-refractivity contribution in [1.29, 1.82) is 0 Å². The molecule has 1 saturated carbocycles. The lowest BCUT2D eigenvalue weighted by molar-refractivity contribution is -0.161. The Hall–Kier alpha value is -1.06. The maximum absolute atomic E-state index is 11.2. The summed E-state index contributed by atoms with van der Waals surface area (Å²) in [6.45, 7) is 3.87. The van der Waals surface area contributed by atoms with Gasteiger partial charge < -0.3 is 10.2 Å². The molecule has 0 aliphatic heterocycles. The van der Waals surface area contributed by atoms with Crippen molar-refractivity contribution >= 4 is 11.9 Å². The first-order valence-corrected chi connectivity index (χ1v) is 5.98. The van der Waals surface area contributed by atoms with Gasteiger partial charge in [0.2, 0.25) is 0 Å². The van der Waals surface area contributed by atoms with E-state index in [1.807, 2.05) is 13.8 Å². The molecule has 2 N–H and O–H groups in total. The van der Waals surface area contributed by atoms with E-state index in [1.165, 1.54) is 0 Å². The lowest BCUT2D eigenvalue weighted by Crippen LogP contribution is -2.43. The van der Waals surface area contributed by atoms with Gasteiger partial charge in [0.1, 0.15) is 0 Å². The third-order valence-corrected chi connectivity index (χ3v) is 3.93. The molecule has 1 aliphatic carbocycles. The lowest BCUT2D eigenvalue weighted by Gasteiger charge is -2.38. The van der Waals surface area contributed by atoms with Gasteiger partial charge in [0.15, 0.2) is 0 Å². The van der Waals surface area contributed by atoms with Gasteiger partial charge in [0.25, 0.3) is 0 Å². The van der Waals surface area contributed by atoms with Gasteiger partial charge in [-0.1, -0.05) is 26.7 Å². The van der Waals surface area contributed by atoms with Gasteiger partial charge in [-0.3, -0.25) is 9.59 Å². The highest BCUT2D eigenvalue weighted by molar-refractivity contribution is 5.80. The first-order valence-electron chi connectivity index (χ1n) is 5.98. The molecule has 0 radical (unpaired) electrons. The van der Waals surface area contributed by atoms with E-state index in [-0.39, 0.29) is 11.8 Å². The molecule has 0 amide bonds. The Bertz CT molecular complexity index is 246. The smallest absolute Gasteiger partial charge is 0.307 e. The first kappa shape index (κ1) is 13.0. The van der Waals surface area contributed by atoms with Crippen molar-refractivity contribution < 1.29 is 19.8 Å². The van der Waals surface area contributed by atoms with Crippen LogP contribution in [0.25, 0.3) is 0 Å². The molecule has 0 aromatic rings. The number of hydrogen-bond acceptors (Lipinski definition) is 2. The summed E-state index contributed by atoms with van der Waals surface area (Å²) >= 11 is 0. The molecule has 0 bridgehead atoms. The minimum absolute atomic E-state index is 0.0152. The molecule has 0 aromatic carbocycles. The second-order valence-electron chi connectivity index (χ2n) is 4.64. The van der Waals surface area contributed by atoms with E-state index < -0.39 is 23.8 Å². The highest BCUT2D eigenvalue weighted by Gasteiger charge is 2.45. The molecule has 0 saturated heterocycles. The first-order chi connectivity index (χ1) is 7.52. The normalized spacial score (nSPS) is 34.6. The molecule has 0 heterocycles. The van der Waals surface area contributed by atoms with Crippen LogP contribution in [0.1, 0.15) is 39.5 Å². The molecule has 4 nitrogen and oxygen atoms in total. The SMILES string of the molecule is CCC1CCC(CC)C(C(=O)O)C1C(=O)O. The average molecular weight is 228 g/mol. The van der Waals surface area contributed by atoms with Crippen molar-refractivity contribution in [2.75, 3.05) is 0 Å². The van der Waals surface area contributed by atoms with Crippen molar-refractivity contribution in [2.24, 2.45) is 23.7 Å². The Morgan fingerprint density at radius 1 is 0.938 bits per heavy atom. The molecule has 0 spiro atoms. The minimum atomic E-state index is -0.947. The third-order valence-electron chi connectivity index (χ3n) is 3.93. The predicted octanol–water partition coefficient (Wildman–Crippen LogP) is 2.23. The Morgan fingerprint density at radius 3 is 1.44 bits per heavy atom. The molecule has 16 heavy (non-hydrogen) atoms. The van der Waals surface area contributed by atoms with Crippen molar-refractivity contribution in [3.05, 3.63) is 0 Å². The van der Waals surface area contributed by atoms with Crippen LogP contribution in [0, 0.1) is 23.7 Å². The zero-order valence-electron chi connectivity index (χ0n) is 9.85. The summed E-state index contributed by atoms with van der Waals surface area (Å²) in [6.07, 6.45) is 3.18. The molecule has 4 unspecified atom stereocenters. The van der Waals surface area contributed by atoms with E-state index in [0.29, 0.717) is 0 Å². The standard InChI is InChI=1S/C12H20O4/c1-3-7-5-6-8(4-2)10(12(15)16)9(7)11(13)14/h7-10H,3-6H2,1-2H3,(H,13,14)(H,15,16). The molecule has 4 heteroatoms. The highest BCUT2D eigenvalue weighted by atomic mass is 16.4. The Morgan fingerprint density at radius 2 is 1.25 bits per heavy atom. The van der Waals surface area contributed by atoms with Crippen LogP contribution in [0.3, 0.4) is 0 Å². The topological polar surface area (TPSA) is 74.6 Å². The summed E-state index contributed by atoms with van der Waals surface area (Å²) in [6, 6.07) is 0. The van der Waals surface area contributed by atoms with Gasteiger partial charge >= 0.3 is 11.9 Å². The van der Waals surface area contributed by atoms with Crippen LogP contribution >= 0.6 is 0 Å². The van der Waals surface area contributed by atoms with Crippen LogP contribution in [0.4, 0.5) is 0 Å². The van der Waals surface area contributed by atoms with E-state index >= 15 is 0 Å². The van der Waals surface area contributed by atoms with Gasteiger partial charge in [0.05, 0.1) is 11.8 Å². The fourth-order valence-corrected chi connectivity index (χ4v) is 3.00. The van der Waals surface area contributed by atoms with E-state index in [9.17, 15) is 19.8 Å². The second kappa shape index (κ2) is 5.32. The fraction of sp³-hybridized carbons (Fsp3) is 0.833. The molecule has 1 fully saturated rings. The third kappa shape index (κ3) is 2.36. The van der Waals surface area contributed by atoms with Crippen molar-refractivity contribution in [2.45, 2.75) is 39.5 Å². The van der Waals surface area contributed by atoms with Gasteiger partial charge in [-0.05, 0) is 24.7 Å². The van der Waals surface area contributed by atoms with Crippen LogP contribution in [-0.2, 0) is 9.59 Å². The quantitative estimate of drug-likeness (QED) is 0.773.